The van der Waals surface area contributed by atoms with E-state index in [0.29, 0.717) is 22.6 Å². The Kier molecular flexibility index (Phi) is 4.82. The average Bonchev–Trinajstić information content (AvgIpc) is 3.35. The lowest BCUT2D eigenvalue weighted by Gasteiger charge is -2.17. The quantitative estimate of drug-likeness (QED) is 0.481. The summed E-state index contributed by atoms with van der Waals surface area (Å²) >= 11 is 2.98. The van der Waals surface area contributed by atoms with Crippen LogP contribution in [-0.4, -0.2) is 33.2 Å². The summed E-state index contributed by atoms with van der Waals surface area (Å²) in [6, 6.07) is 9.65. The number of nitrogens with zero attached hydrogens (tertiary/aromatic N) is 3. The molecule has 0 atom stereocenters. The normalized spacial score (nSPS) is 13.9. The van der Waals surface area contributed by atoms with E-state index in [-0.39, 0.29) is 23.3 Å². The van der Waals surface area contributed by atoms with Crippen molar-refractivity contribution in [3.8, 4) is 0 Å². The largest absolute Gasteiger partial charge is 0.341 e. The molecular formula is C19H19N3O2S2. The number of aromatic nitrogens is 2. The van der Waals surface area contributed by atoms with Gasteiger partial charge in [0.05, 0.1) is 16.7 Å². The third-order valence-electron chi connectivity index (χ3n) is 4.44. The van der Waals surface area contributed by atoms with Gasteiger partial charge in [-0.15, -0.1) is 0 Å². The fourth-order valence-corrected chi connectivity index (χ4v) is 4.53. The topological polar surface area (TPSA) is 55.2 Å². The first kappa shape index (κ1) is 17.3. The van der Waals surface area contributed by atoms with Gasteiger partial charge in [-0.25, -0.2) is 4.98 Å². The van der Waals surface area contributed by atoms with Gasteiger partial charge in [0.25, 0.3) is 5.56 Å². The van der Waals surface area contributed by atoms with E-state index in [4.69, 9.17) is 0 Å². The lowest BCUT2D eigenvalue weighted by molar-refractivity contribution is -0.127. The molecule has 134 valence electrons. The maximum absolute atomic E-state index is 12.8. The molecule has 7 heteroatoms. The van der Waals surface area contributed by atoms with Crippen molar-refractivity contribution in [1.29, 1.82) is 0 Å². The van der Waals surface area contributed by atoms with Crippen LogP contribution in [0.5, 0.6) is 0 Å². The van der Waals surface area contributed by atoms with Crippen LogP contribution in [0.4, 0.5) is 0 Å². The third kappa shape index (κ3) is 3.54. The van der Waals surface area contributed by atoms with E-state index >= 15 is 0 Å². The van der Waals surface area contributed by atoms with Crippen LogP contribution >= 0.6 is 23.1 Å². The Morgan fingerprint density at radius 1 is 1.35 bits per heavy atom. The summed E-state index contributed by atoms with van der Waals surface area (Å²) in [6.45, 7) is 0.601. The van der Waals surface area contributed by atoms with Crippen LogP contribution in [0.3, 0.4) is 0 Å². The summed E-state index contributed by atoms with van der Waals surface area (Å²) in [4.78, 5) is 31.7. The standard InChI is InChI=1S/C19H19N3O2S2/c1-21(10-13-8-9-25-11-13)17(23)12-26-19-20-16-5-3-2-4-15(16)18(24)22(19)14-6-7-14/h2-5,8-9,11,14H,6-7,10,12H2,1H3. The minimum Gasteiger partial charge on any atom is -0.341 e. The fourth-order valence-electron chi connectivity index (χ4n) is 2.86. The lowest BCUT2D eigenvalue weighted by atomic mass is 10.2. The van der Waals surface area contributed by atoms with Crippen molar-refractivity contribution in [2.45, 2.75) is 30.6 Å². The molecule has 3 aromatic rings. The van der Waals surface area contributed by atoms with Crippen LogP contribution in [0.25, 0.3) is 10.9 Å². The average molecular weight is 386 g/mol. The summed E-state index contributed by atoms with van der Waals surface area (Å²) in [6.07, 6.45) is 2.00. The van der Waals surface area contributed by atoms with Gasteiger partial charge in [0.15, 0.2) is 5.16 Å². The molecular weight excluding hydrogens is 366 g/mol. The SMILES string of the molecule is CN(Cc1ccsc1)C(=O)CSc1nc2ccccc2c(=O)n1C1CC1. The van der Waals surface area contributed by atoms with Gasteiger partial charge < -0.3 is 4.90 Å². The van der Waals surface area contributed by atoms with Crippen molar-refractivity contribution in [1.82, 2.24) is 14.5 Å². The van der Waals surface area contributed by atoms with Gasteiger partial charge in [0.2, 0.25) is 5.91 Å². The molecule has 1 aliphatic carbocycles. The van der Waals surface area contributed by atoms with Gasteiger partial charge in [-0.2, -0.15) is 11.3 Å². The zero-order valence-electron chi connectivity index (χ0n) is 14.4. The zero-order chi connectivity index (χ0) is 18.1. The minimum atomic E-state index is -0.000299. The van der Waals surface area contributed by atoms with Crippen molar-refractivity contribution < 1.29 is 4.79 Å². The number of carbonyl (C=O) groups excluding carboxylic acids is 1. The number of benzene rings is 1. The maximum Gasteiger partial charge on any atom is 0.262 e. The molecule has 2 aromatic heterocycles. The second kappa shape index (κ2) is 7.25. The Balaban J connectivity index is 1.54. The van der Waals surface area contributed by atoms with Crippen LogP contribution in [0, 0.1) is 0 Å². The van der Waals surface area contributed by atoms with E-state index < -0.39 is 0 Å². The highest BCUT2D eigenvalue weighted by Crippen LogP contribution is 2.36. The van der Waals surface area contributed by atoms with Crippen LogP contribution in [0.2, 0.25) is 0 Å². The molecule has 0 N–H and O–H groups in total. The molecule has 26 heavy (non-hydrogen) atoms. The molecule has 0 saturated heterocycles. The van der Waals surface area contributed by atoms with Crippen molar-refractivity contribution in [3.63, 3.8) is 0 Å². The molecule has 0 bridgehead atoms. The number of thiophene rings is 1. The molecule has 4 rings (SSSR count). The molecule has 1 aromatic carbocycles. The molecule has 0 spiro atoms. The number of rotatable bonds is 6. The Hall–Kier alpha value is -2.12. The second-order valence-corrected chi connectivity index (χ2v) is 8.21. The molecule has 1 saturated carbocycles. The number of hydrogen-bond donors (Lipinski definition) is 0. The number of fused-ring (bicyclic) bond motifs is 1. The van der Waals surface area contributed by atoms with Gasteiger partial charge in [0, 0.05) is 19.6 Å². The highest BCUT2D eigenvalue weighted by atomic mass is 32.2. The third-order valence-corrected chi connectivity index (χ3v) is 6.11. The number of carbonyl (C=O) groups is 1. The summed E-state index contributed by atoms with van der Waals surface area (Å²) in [5, 5.41) is 5.35. The predicted octanol–water partition coefficient (Wildman–Crippen LogP) is 3.54. The van der Waals surface area contributed by atoms with Crippen molar-refractivity contribution in [2.24, 2.45) is 0 Å². The predicted molar refractivity (Wildman–Crippen MR) is 106 cm³/mol. The monoisotopic (exact) mass is 385 g/mol. The molecule has 0 unspecified atom stereocenters. The van der Waals surface area contributed by atoms with Gasteiger partial charge in [0.1, 0.15) is 0 Å². The second-order valence-electron chi connectivity index (χ2n) is 6.49. The maximum atomic E-state index is 12.8. The van der Waals surface area contributed by atoms with E-state index in [1.807, 2.05) is 48.1 Å². The van der Waals surface area contributed by atoms with Gasteiger partial charge in [-0.1, -0.05) is 23.9 Å². The van der Waals surface area contributed by atoms with E-state index in [1.165, 1.54) is 11.8 Å². The summed E-state index contributed by atoms with van der Waals surface area (Å²) < 4.78 is 1.78. The van der Waals surface area contributed by atoms with Crippen molar-refractivity contribution >= 4 is 39.9 Å². The van der Waals surface area contributed by atoms with Gasteiger partial charge in [-0.3, -0.25) is 14.2 Å². The van der Waals surface area contributed by atoms with Crippen LogP contribution in [0.1, 0.15) is 24.4 Å². The smallest absolute Gasteiger partial charge is 0.262 e. The summed E-state index contributed by atoms with van der Waals surface area (Å²) in [5.74, 6) is 0.309. The zero-order valence-corrected chi connectivity index (χ0v) is 16.1. The molecule has 1 aliphatic rings. The molecule has 5 nitrogen and oxygen atoms in total. The van der Waals surface area contributed by atoms with Crippen LogP contribution < -0.4 is 5.56 Å². The summed E-state index contributed by atoms with van der Waals surface area (Å²) in [7, 11) is 1.81. The Morgan fingerprint density at radius 3 is 2.88 bits per heavy atom. The van der Waals surface area contributed by atoms with E-state index in [1.54, 1.807) is 20.8 Å². The van der Waals surface area contributed by atoms with Crippen molar-refractivity contribution in [3.05, 3.63) is 57.0 Å². The molecule has 1 fully saturated rings. The molecule has 2 heterocycles. The van der Waals surface area contributed by atoms with E-state index in [0.717, 1.165) is 18.4 Å². The Bertz CT molecular complexity index is 994. The van der Waals surface area contributed by atoms with E-state index in [2.05, 4.69) is 4.98 Å². The number of thioether (sulfide) groups is 1. The highest BCUT2D eigenvalue weighted by Gasteiger charge is 2.28. The first-order valence-electron chi connectivity index (χ1n) is 8.52. The summed E-state index contributed by atoms with van der Waals surface area (Å²) in [5.41, 5.74) is 1.82. The number of para-hydroxylation sites is 1. The lowest BCUT2D eigenvalue weighted by Crippen LogP contribution is -2.28. The van der Waals surface area contributed by atoms with E-state index in [9.17, 15) is 9.59 Å². The molecule has 0 aliphatic heterocycles. The Morgan fingerprint density at radius 2 is 2.15 bits per heavy atom. The fraction of sp³-hybridized carbons (Fsp3) is 0.316. The number of amides is 1. The minimum absolute atomic E-state index is 0.000299. The van der Waals surface area contributed by atoms with Crippen LogP contribution in [-0.2, 0) is 11.3 Å². The first-order chi connectivity index (χ1) is 12.6. The van der Waals surface area contributed by atoms with Crippen molar-refractivity contribution in [2.75, 3.05) is 12.8 Å². The number of hydrogen-bond acceptors (Lipinski definition) is 5. The Labute approximate surface area is 159 Å². The van der Waals surface area contributed by atoms with Crippen LogP contribution in [0.15, 0.2) is 51.0 Å². The van der Waals surface area contributed by atoms with Gasteiger partial charge in [-0.05, 0) is 47.4 Å². The first-order valence-corrected chi connectivity index (χ1v) is 10.5. The van der Waals surface area contributed by atoms with Gasteiger partial charge >= 0.3 is 0 Å². The highest BCUT2D eigenvalue weighted by molar-refractivity contribution is 7.99. The molecule has 0 radical (unpaired) electrons. The molecule has 1 amide bonds.